The third kappa shape index (κ3) is 2.73. The fourth-order valence-electron chi connectivity index (χ4n) is 3.02. The molecule has 0 aromatic heterocycles. The molecule has 98 valence electrons. The number of nitrogens with zero attached hydrogens (tertiary/aromatic N) is 1. The fraction of sp³-hybridized carbons (Fsp3) is 0.923. The number of hydrogen-bond acceptors (Lipinski definition) is 3. The molecule has 2 rings (SSSR count). The van der Waals surface area contributed by atoms with E-state index in [2.05, 4.69) is 5.32 Å². The third-order valence-corrected chi connectivity index (χ3v) is 3.83. The van der Waals surface area contributed by atoms with Crippen molar-refractivity contribution < 1.29 is 9.53 Å². The van der Waals surface area contributed by atoms with E-state index in [1.807, 2.05) is 27.8 Å². The molecule has 0 aromatic rings. The van der Waals surface area contributed by atoms with Crippen LogP contribution in [-0.4, -0.2) is 42.3 Å². The Balaban J connectivity index is 1.95. The van der Waals surface area contributed by atoms with Gasteiger partial charge in [0, 0.05) is 19.6 Å². The first kappa shape index (κ1) is 12.7. The first-order valence-corrected chi connectivity index (χ1v) is 6.58. The molecular formula is C13H24N2O2. The minimum absolute atomic E-state index is 0.197. The quantitative estimate of drug-likeness (QED) is 0.762. The zero-order valence-corrected chi connectivity index (χ0v) is 11.3. The molecule has 4 nitrogen and oxygen atoms in total. The SMILES string of the molecule is CN(C(=O)OC(C)(C)C)[C@@H]1CN[C@@H]2CCC[C@H]12. The van der Waals surface area contributed by atoms with Crippen LogP contribution in [0.25, 0.3) is 0 Å². The van der Waals surface area contributed by atoms with Crippen LogP contribution in [0.3, 0.4) is 0 Å². The van der Waals surface area contributed by atoms with Gasteiger partial charge in [0.05, 0.1) is 6.04 Å². The van der Waals surface area contributed by atoms with E-state index in [1.165, 1.54) is 19.3 Å². The molecule has 0 unspecified atom stereocenters. The number of hydrogen-bond donors (Lipinski definition) is 1. The monoisotopic (exact) mass is 240 g/mol. The van der Waals surface area contributed by atoms with E-state index in [9.17, 15) is 4.79 Å². The molecule has 2 aliphatic rings. The lowest BCUT2D eigenvalue weighted by atomic mass is 9.98. The highest BCUT2D eigenvalue weighted by atomic mass is 16.6. The maximum absolute atomic E-state index is 12.0. The molecule has 1 aliphatic carbocycles. The summed E-state index contributed by atoms with van der Waals surface area (Å²) in [5, 5.41) is 3.52. The van der Waals surface area contributed by atoms with E-state index in [1.54, 1.807) is 4.90 Å². The second-order valence-electron chi connectivity index (χ2n) is 6.27. The summed E-state index contributed by atoms with van der Waals surface area (Å²) in [5.41, 5.74) is -0.410. The molecule has 4 heteroatoms. The van der Waals surface area contributed by atoms with Gasteiger partial charge in [0.15, 0.2) is 0 Å². The van der Waals surface area contributed by atoms with Gasteiger partial charge >= 0.3 is 6.09 Å². The van der Waals surface area contributed by atoms with Gasteiger partial charge in [-0.25, -0.2) is 4.79 Å². The number of nitrogens with one attached hydrogen (secondary N) is 1. The Morgan fingerprint density at radius 1 is 1.35 bits per heavy atom. The van der Waals surface area contributed by atoms with Crippen LogP contribution in [0.15, 0.2) is 0 Å². The van der Waals surface area contributed by atoms with Gasteiger partial charge in [0.1, 0.15) is 5.60 Å². The second-order valence-corrected chi connectivity index (χ2v) is 6.27. The van der Waals surface area contributed by atoms with Gasteiger partial charge in [0.2, 0.25) is 0 Å². The van der Waals surface area contributed by atoms with E-state index in [4.69, 9.17) is 4.74 Å². The molecule has 0 radical (unpaired) electrons. The Morgan fingerprint density at radius 2 is 2.06 bits per heavy atom. The predicted molar refractivity (Wildman–Crippen MR) is 66.9 cm³/mol. The smallest absolute Gasteiger partial charge is 0.410 e. The van der Waals surface area contributed by atoms with Gasteiger partial charge in [-0.15, -0.1) is 0 Å². The van der Waals surface area contributed by atoms with Crippen LogP contribution < -0.4 is 5.32 Å². The lowest BCUT2D eigenvalue weighted by Crippen LogP contribution is -2.44. The minimum Gasteiger partial charge on any atom is -0.444 e. The Kier molecular flexibility index (Phi) is 3.34. The molecule has 3 atom stereocenters. The van der Waals surface area contributed by atoms with Crippen LogP contribution in [0.5, 0.6) is 0 Å². The Bertz CT molecular complexity index is 298. The van der Waals surface area contributed by atoms with Crippen LogP contribution in [-0.2, 0) is 4.74 Å². The van der Waals surface area contributed by atoms with Gasteiger partial charge in [0.25, 0.3) is 0 Å². The average molecular weight is 240 g/mol. The van der Waals surface area contributed by atoms with Gasteiger partial charge in [-0.3, -0.25) is 0 Å². The van der Waals surface area contributed by atoms with Crippen LogP contribution in [0.2, 0.25) is 0 Å². The van der Waals surface area contributed by atoms with Gasteiger partial charge in [-0.1, -0.05) is 6.42 Å². The summed E-state index contributed by atoms with van der Waals surface area (Å²) in [6, 6.07) is 0.919. The maximum Gasteiger partial charge on any atom is 0.410 e. The zero-order chi connectivity index (χ0) is 12.6. The van der Waals surface area contributed by atoms with Gasteiger partial charge < -0.3 is 15.0 Å². The lowest BCUT2D eigenvalue weighted by Gasteiger charge is -2.31. The number of carbonyl (C=O) groups excluding carboxylic acids is 1. The second kappa shape index (κ2) is 4.48. The van der Waals surface area contributed by atoms with Crippen molar-refractivity contribution in [2.45, 2.75) is 57.7 Å². The topological polar surface area (TPSA) is 41.6 Å². The predicted octanol–water partition coefficient (Wildman–Crippen LogP) is 1.99. The van der Waals surface area contributed by atoms with Crippen molar-refractivity contribution in [3.8, 4) is 0 Å². The van der Waals surface area contributed by atoms with Crippen LogP contribution in [0.4, 0.5) is 4.79 Å². The Morgan fingerprint density at radius 3 is 2.71 bits per heavy atom. The summed E-state index contributed by atoms with van der Waals surface area (Å²) in [6.07, 6.45) is 3.57. The van der Waals surface area contributed by atoms with Gasteiger partial charge in [-0.05, 0) is 39.5 Å². The Labute approximate surface area is 104 Å². The number of rotatable bonds is 1. The van der Waals surface area contributed by atoms with Crippen molar-refractivity contribution in [1.29, 1.82) is 0 Å². The molecule has 1 saturated heterocycles. The molecule has 17 heavy (non-hydrogen) atoms. The number of carbonyl (C=O) groups is 1. The molecular weight excluding hydrogens is 216 g/mol. The van der Waals surface area contributed by atoms with Crippen molar-refractivity contribution in [3.63, 3.8) is 0 Å². The van der Waals surface area contributed by atoms with Crippen molar-refractivity contribution in [1.82, 2.24) is 10.2 Å². The summed E-state index contributed by atoms with van der Waals surface area (Å²) in [7, 11) is 1.86. The summed E-state index contributed by atoms with van der Waals surface area (Å²) in [4.78, 5) is 13.8. The summed E-state index contributed by atoms with van der Waals surface area (Å²) in [6.45, 7) is 6.63. The highest BCUT2D eigenvalue weighted by Gasteiger charge is 2.42. The minimum atomic E-state index is -0.410. The summed E-state index contributed by atoms with van der Waals surface area (Å²) < 4.78 is 5.42. The molecule has 1 aliphatic heterocycles. The Hall–Kier alpha value is -0.770. The largest absolute Gasteiger partial charge is 0.444 e. The number of likely N-dealkylation sites (N-methyl/N-ethyl adjacent to an activating group) is 1. The maximum atomic E-state index is 12.0. The number of fused-ring (bicyclic) bond motifs is 1. The zero-order valence-electron chi connectivity index (χ0n) is 11.3. The molecule has 1 heterocycles. The molecule has 2 fully saturated rings. The normalized spacial score (nSPS) is 32.4. The number of amides is 1. The lowest BCUT2D eigenvalue weighted by molar-refractivity contribution is 0.0199. The fourth-order valence-corrected chi connectivity index (χ4v) is 3.02. The molecule has 1 N–H and O–H groups in total. The van der Waals surface area contributed by atoms with Crippen LogP contribution in [0.1, 0.15) is 40.0 Å². The van der Waals surface area contributed by atoms with E-state index in [0.29, 0.717) is 18.0 Å². The summed E-state index contributed by atoms with van der Waals surface area (Å²) in [5.74, 6) is 0.618. The van der Waals surface area contributed by atoms with Gasteiger partial charge in [-0.2, -0.15) is 0 Å². The number of ether oxygens (including phenoxy) is 1. The van der Waals surface area contributed by atoms with Crippen molar-refractivity contribution in [3.05, 3.63) is 0 Å². The molecule has 1 amide bonds. The highest BCUT2D eigenvalue weighted by Crippen LogP contribution is 2.34. The molecule has 0 bridgehead atoms. The van der Waals surface area contributed by atoms with E-state index in [-0.39, 0.29) is 6.09 Å². The molecule has 0 aromatic carbocycles. The average Bonchev–Trinajstić information content (AvgIpc) is 2.74. The molecule has 1 saturated carbocycles. The first-order chi connectivity index (χ1) is 7.88. The molecule has 0 spiro atoms. The van der Waals surface area contributed by atoms with E-state index >= 15 is 0 Å². The van der Waals surface area contributed by atoms with E-state index in [0.717, 1.165) is 6.54 Å². The standard InChI is InChI=1S/C13H24N2O2/c1-13(2,3)17-12(16)15(4)11-8-14-10-7-5-6-9(10)11/h9-11,14H,5-8H2,1-4H3/t9-,10+,11+/m0/s1. The van der Waals surface area contributed by atoms with Crippen molar-refractivity contribution >= 4 is 6.09 Å². The van der Waals surface area contributed by atoms with Crippen molar-refractivity contribution in [2.75, 3.05) is 13.6 Å². The van der Waals surface area contributed by atoms with Crippen molar-refractivity contribution in [2.24, 2.45) is 5.92 Å². The first-order valence-electron chi connectivity index (χ1n) is 6.58. The van der Waals surface area contributed by atoms with Crippen LogP contribution >= 0.6 is 0 Å². The highest BCUT2D eigenvalue weighted by molar-refractivity contribution is 5.68. The van der Waals surface area contributed by atoms with E-state index < -0.39 is 5.60 Å². The summed E-state index contributed by atoms with van der Waals surface area (Å²) >= 11 is 0. The van der Waals surface area contributed by atoms with Crippen LogP contribution in [0, 0.1) is 5.92 Å². The third-order valence-electron chi connectivity index (χ3n) is 3.83.